The smallest absolute Gasteiger partial charge is 0.230 e. The van der Waals surface area contributed by atoms with Gasteiger partial charge in [-0.05, 0) is 55.4 Å². The van der Waals surface area contributed by atoms with Gasteiger partial charge in [-0.15, -0.1) is 11.3 Å². The molecule has 0 radical (unpaired) electrons. The van der Waals surface area contributed by atoms with Gasteiger partial charge in [0.15, 0.2) is 0 Å². The van der Waals surface area contributed by atoms with Crippen LogP contribution in [0.1, 0.15) is 53.7 Å². The highest BCUT2D eigenvalue weighted by Gasteiger charge is 2.32. The summed E-state index contributed by atoms with van der Waals surface area (Å²) in [6.45, 7) is 1.72. The summed E-state index contributed by atoms with van der Waals surface area (Å²) in [5.74, 6) is 0.893. The number of aromatic nitrogens is 1. The molecule has 3 aromatic rings. The molecule has 27 heavy (non-hydrogen) atoms. The van der Waals surface area contributed by atoms with E-state index in [1.165, 1.54) is 20.8 Å². The first-order valence-corrected chi connectivity index (χ1v) is 10.8. The zero-order chi connectivity index (χ0) is 18.2. The van der Waals surface area contributed by atoms with E-state index in [-0.39, 0.29) is 5.92 Å². The molecular weight excluding hydrogens is 352 g/mol. The third-order valence-electron chi connectivity index (χ3n) is 6.13. The highest BCUT2D eigenvalue weighted by Crippen LogP contribution is 2.37. The SMILES string of the molecule is O=C(C1CCCc2ccccc21)N1CCC(c2nc3ccccc3s2)CC1. The molecule has 4 heteroatoms. The number of likely N-dealkylation sites (tertiary alicyclic amines) is 1. The molecule has 0 bridgehead atoms. The van der Waals surface area contributed by atoms with Gasteiger partial charge in [0.25, 0.3) is 0 Å². The molecule has 1 fully saturated rings. The van der Waals surface area contributed by atoms with Crippen molar-refractivity contribution in [3.63, 3.8) is 0 Å². The van der Waals surface area contributed by atoms with E-state index in [0.717, 1.165) is 50.7 Å². The van der Waals surface area contributed by atoms with Gasteiger partial charge in [0, 0.05) is 19.0 Å². The van der Waals surface area contributed by atoms with Crippen molar-refractivity contribution < 1.29 is 4.79 Å². The number of aryl methyl sites for hydroxylation is 1. The normalized spacial score (nSPS) is 20.6. The fourth-order valence-electron chi connectivity index (χ4n) is 4.64. The van der Waals surface area contributed by atoms with Crippen molar-refractivity contribution in [2.45, 2.75) is 43.9 Å². The average Bonchev–Trinajstić information content (AvgIpc) is 3.17. The summed E-state index contributed by atoms with van der Waals surface area (Å²) in [7, 11) is 0. The largest absolute Gasteiger partial charge is 0.342 e. The van der Waals surface area contributed by atoms with Crippen LogP contribution in [0, 0.1) is 0 Å². The Bertz CT molecular complexity index is 938. The second kappa shape index (κ2) is 7.08. The van der Waals surface area contributed by atoms with E-state index in [1.54, 1.807) is 0 Å². The van der Waals surface area contributed by atoms with Gasteiger partial charge in [0.2, 0.25) is 5.91 Å². The van der Waals surface area contributed by atoms with Crippen LogP contribution in [-0.4, -0.2) is 28.9 Å². The van der Waals surface area contributed by atoms with Crippen LogP contribution in [0.3, 0.4) is 0 Å². The Morgan fingerprint density at radius 1 is 1.00 bits per heavy atom. The summed E-state index contributed by atoms with van der Waals surface area (Å²) in [4.78, 5) is 20.2. The Balaban J connectivity index is 1.28. The van der Waals surface area contributed by atoms with Gasteiger partial charge in [-0.3, -0.25) is 4.79 Å². The monoisotopic (exact) mass is 376 g/mol. The van der Waals surface area contributed by atoms with Crippen LogP contribution < -0.4 is 0 Å². The van der Waals surface area contributed by atoms with Crippen LogP contribution in [0.25, 0.3) is 10.2 Å². The van der Waals surface area contributed by atoms with E-state index < -0.39 is 0 Å². The van der Waals surface area contributed by atoms with Gasteiger partial charge >= 0.3 is 0 Å². The fourth-order valence-corrected chi connectivity index (χ4v) is 5.78. The maximum atomic E-state index is 13.2. The second-order valence-electron chi connectivity index (χ2n) is 7.76. The van der Waals surface area contributed by atoms with Crippen LogP contribution in [-0.2, 0) is 11.2 Å². The first-order valence-electron chi connectivity index (χ1n) is 10.0. The van der Waals surface area contributed by atoms with Gasteiger partial charge < -0.3 is 4.90 Å². The molecule has 138 valence electrons. The molecule has 1 aromatic heterocycles. The molecular formula is C23H24N2OS. The standard InChI is InChI=1S/C23H24N2OS/c26-23(19-9-5-7-16-6-1-2-8-18(16)19)25-14-12-17(13-15-25)22-24-20-10-3-4-11-21(20)27-22/h1-4,6,8,10-11,17,19H,5,7,9,12-15H2. The molecule has 1 aliphatic carbocycles. The number of fused-ring (bicyclic) bond motifs is 2. The number of carbonyl (C=O) groups excluding carboxylic acids is 1. The molecule has 5 rings (SSSR count). The Morgan fingerprint density at radius 3 is 2.63 bits per heavy atom. The van der Waals surface area contributed by atoms with Crippen LogP contribution in [0.5, 0.6) is 0 Å². The summed E-state index contributed by atoms with van der Waals surface area (Å²) in [6, 6.07) is 16.9. The second-order valence-corrected chi connectivity index (χ2v) is 8.83. The Morgan fingerprint density at radius 2 is 1.78 bits per heavy atom. The van der Waals surface area contributed by atoms with Crippen molar-refractivity contribution in [3.8, 4) is 0 Å². The predicted octanol–water partition coefficient (Wildman–Crippen LogP) is 5.12. The van der Waals surface area contributed by atoms with Crippen molar-refractivity contribution in [2.75, 3.05) is 13.1 Å². The molecule has 2 aromatic carbocycles. The number of benzene rings is 2. The molecule has 1 saturated heterocycles. The molecule has 2 heterocycles. The summed E-state index contributed by atoms with van der Waals surface area (Å²) in [6.07, 6.45) is 5.28. The Kier molecular flexibility index (Phi) is 4.44. The molecule has 1 amide bonds. The number of hydrogen-bond acceptors (Lipinski definition) is 3. The summed E-state index contributed by atoms with van der Waals surface area (Å²) >= 11 is 1.82. The lowest BCUT2D eigenvalue weighted by Gasteiger charge is -2.35. The Labute approximate surface area is 164 Å². The molecule has 2 aliphatic rings. The van der Waals surface area contributed by atoms with Gasteiger partial charge in [0.05, 0.1) is 21.1 Å². The summed E-state index contributed by atoms with van der Waals surface area (Å²) in [5.41, 5.74) is 3.74. The van der Waals surface area contributed by atoms with Gasteiger partial charge in [-0.2, -0.15) is 0 Å². The number of nitrogens with zero attached hydrogens (tertiary/aromatic N) is 2. The number of thiazole rings is 1. The van der Waals surface area contributed by atoms with Crippen molar-refractivity contribution in [1.82, 2.24) is 9.88 Å². The first kappa shape index (κ1) is 16.9. The highest BCUT2D eigenvalue weighted by molar-refractivity contribution is 7.18. The molecule has 1 unspecified atom stereocenters. The number of amides is 1. The third kappa shape index (κ3) is 3.16. The molecule has 0 saturated carbocycles. The molecule has 3 nitrogen and oxygen atoms in total. The van der Waals surface area contributed by atoms with Crippen molar-refractivity contribution >= 4 is 27.5 Å². The molecule has 0 N–H and O–H groups in total. The van der Waals surface area contributed by atoms with Crippen molar-refractivity contribution in [3.05, 3.63) is 64.7 Å². The van der Waals surface area contributed by atoms with Crippen LogP contribution in [0.4, 0.5) is 0 Å². The molecule has 1 aliphatic heterocycles. The highest BCUT2D eigenvalue weighted by atomic mass is 32.1. The quantitative estimate of drug-likeness (QED) is 0.622. The predicted molar refractivity (Wildman–Crippen MR) is 110 cm³/mol. The number of carbonyl (C=O) groups is 1. The van der Waals surface area contributed by atoms with E-state index in [0.29, 0.717) is 11.8 Å². The van der Waals surface area contributed by atoms with Gasteiger partial charge in [0.1, 0.15) is 0 Å². The van der Waals surface area contributed by atoms with Crippen LogP contribution in [0.2, 0.25) is 0 Å². The van der Waals surface area contributed by atoms with Crippen LogP contribution in [0.15, 0.2) is 48.5 Å². The minimum absolute atomic E-state index is 0.0638. The minimum atomic E-state index is 0.0638. The lowest BCUT2D eigenvalue weighted by molar-refractivity contribution is -0.134. The van der Waals surface area contributed by atoms with Crippen molar-refractivity contribution in [2.24, 2.45) is 0 Å². The topological polar surface area (TPSA) is 33.2 Å². The number of rotatable bonds is 2. The van der Waals surface area contributed by atoms with E-state index >= 15 is 0 Å². The number of hydrogen-bond donors (Lipinski definition) is 0. The number of piperidine rings is 1. The van der Waals surface area contributed by atoms with Gasteiger partial charge in [-0.25, -0.2) is 4.98 Å². The lowest BCUT2D eigenvalue weighted by atomic mass is 9.81. The number of para-hydroxylation sites is 1. The lowest BCUT2D eigenvalue weighted by Crippen LogP contribution is -2.41. The molecule has 1 atom stereocenters. The van der Waals surface area contributed by atoms with E-state index in [1.807, 2.05) is 11.3 Å². The maximum absolute atomic E-state index is 13.2. The Hall–Kier alpha value is -2.20. The first-order chi connectivity index (χ1) is 13.3. The average molecular weight is 377 g/mol. The van der Waals surface area contributed by atoms with E-state index in [9.17, 15) is 4.79 Å². The van der Waals surface area contributed by atoms with Crippen LogP contribution >= 0.6 is 11.3 Å². The zero-order valence-electron chi connectivity index (χ0n) is 15.4. The van der Waals surface area contributed by atoms with E-state index in [4.69, 9.17) is 4.98 Å². The zero-order valence-corrected chi connectivity index (χ0v) is 16.3. The van der Waals surface area contributed by atoms with Crippen molar-refractivity contribution in [1.29, 1.82) is 0 Å². The maximum Gasteiger partial charge on any atom is 0.230 e. The fraction of sp³-hybridized carbons (Fsp3) is 0.391. The van der Waals surface area contributed by atoms with E-state index in [2.05, 4.69) is 53.4 Å². The summed E-state index contributed by atoms with van der Waals surface area (Å²) < 4.78 is 1.27. The molecule has 0 spiro atoms. The summed E-state index contributed by atoms with van der Waals surface area (Å²) in [5, 5.41) is 1.24. The minimum Gasteiger partial charge on any atom is -0.342 e. The third-order valence-corrected chi connectivity index (χ3v) is 7.33. The van der Waals surface area contributed by atoms with Gasteiger partial charge in [-0.1, -0.05) is 36.4 Å².